The molecule has 0 unspecified atom stereocenters. The minimum atomic E-state index is 0.497. The molecule has 3 rings (SSSR count). The summed E-state index contributed by atoms with van der Waals surface area (Å²) < 4.78 is 2.98. The summed E-state index contributed by atoms with van der Waals surface area (Å²) in [4.78, 5) is 8.33. The second kappa shape index (κ2) is 4.85. The van der Waals surface area contributed by atoms with E-state index in [1.165, 1.54) is 0 Å². The molecular formula is C14H11BrN4. The van der Waals surface area contributed by atoms with E-state index in [4.69, 9.17) is 5.73 Å². The first-order valence-corrected chi connectivity index (χ1v) is 6.55. The summed E-state index contributed by atoms with van der Waals surface area (Å²) in [7, 11) is 0. The maximum atomic E-state index is 5.93. The smallest absolute Gasteiger partial charge is 0.132 e. The van der Waals surface area contributed by atoms with Gasteiger partial charge in [0.2, 0.25) is 0 Å². The molecule has 0 aliphatic carbocycles. The molecule has 0 radical (unpaired) electrons. The number of halogens is 1. The Balaban J connectivity index is 2.20. The molecule has 1 aromatic carbocycles. The molecule has 0 aliphatic heterocycles. The third-order valence-electron chi connectivity index (χ3n) is 2.86. The first-order chi connectivity index (χ1) is 9.27. The molecule has 2 N–H and O–H groups in total. The van der Waals surface area contributed by atoms with E-state index in [9.17, 15) is 0 Å². The SMILES string of the molecule is Nc1ncccc1-c1cncn1-c1ccccc1Br. The molecule has 5 heteroatoms. The van der Waals surface area contributed by atoms with Crippen LogP contribution in [0.5, 0.6) is 0 Å². The Morgan fingerprint density at radius 3 is 2.74 bits per heavy atom. The second-order valence-electron chi connectivity index (χ2n) is 4.04. The van der Waals surface area contributed by atoms with E-state index in [-0.39, 0.29) is 0 Å². The largest absolute Gasteiger partial charge is 0.383 e. The highest BCUT2D eigenvalue weighted by Crippen LogP contribution is 2.29. The van der Waals surface area contributed by atoms with E-state index < -0.39 is 0 Å². The molecule has 0 amide bonds. The van der Waals surface area contributed by atoms with Crippen LogP contribution in [0.1, 0.15) is 0 Å². The average Bonchev–Trinajstić information content (AvgIpc) is 2.89. The monoisotopic (exact) mass is 314 g/mol. The van der Waals surface area contributed by atoms with Crippen molar-refractivity contribution in [2.24, 2.45) is 0 Å². The van der Waals surface area contributed by atoms with Gasteiger partial charge in [-0.1, -0.05) is 12.1 Å². The Hall–Kier alpha value is -2.14. The predicted molar refractivity (Wildman–Crippen MR) is 78.9 cm³/mol. The molecule has 94 valence electrons. The van der Waals surface area contributed by atoms with Crippen LogP contribution in [0.3, 0.4) is 0 Å². The van der Waals surface area contributed by atoms with Gasteiger partial charge in [-0.15, -0.1) is 0 Å². The third kappa shape index (κ3) is 2.13. The van der Waals surface area contributed by atoms with Crippen molar-refractivity contribution in [1.29, 1.82) is 0 Å². The Morgan fingerprint density at radius 1 is 1.11 bits per heavy atom. The van der Waals surface area contributed by atoms with Crippen molar-refractivity contribution in [3.8, 4) is 16.9 Å². The van der Waals surface area contributed by atoms with Crippen LogP contribution in [0.15, 0.2) is 59.6 Å². The van der Waals surface area contributed by atoms with Crippen LogP contribution in [0.2, 0.25) is 0 Å². The van der Waals surface area contributed by atoms with Gasteiger partial charge in [-0.2, -0.15) is 0 Å². The quantitative estimate of drug-likeness (QED) is 0.789. The summed E-state index contributed by atoms with van der Waals surface area (Å²) in [5.41, 5.74) is 8.73. The molecule has 0 fully saturated rings. The van der Waals surface area contributed by atoms with E-state index in [1.54, 1.807) is 18.7 Å². The molecule has 19 heavy (non-hydrogen) atoms. The number of nitrogen functional groups attached to an aromatic ring is 1. The highest BCUT2D eigenvalue weighted by atomic mass is 79.9. The Morgan fingerprint density at radius 2 is 1.95 bits per heavy atom. The topological polar surface area (TPSA) is 56.7 Å². The number of benzene rings is 1. The van der Waals surface area contributed by atoms with Gasteiger partial charge in [0.15, 0.2) is 0 Å². The van der Waals surface area contributed by atoms with Gasteiger partial charge in [-0.25, -0.2) is 9.97 Å². The number of aromatic nitrogens is 3. The highest BCUT2D eigenvalue weighted by Gasteiger charge is 2.11. The van der Waals surface area contributed by atoms with E-state index in [1.807, 2.05) is 41.0 Å². The highest BCUT2D eigenvalue weighted by molar-refractivity contribution is 9.10. The van der Waals surface area contributed by atoms with Gasteiger partial charge in [0.05, 0.1) is 23.9 Å². The lowest BCUT2D eigenvalue weighted by molar-refractivity contribution is 1.05. The summed E-state index contributed by atoms with van der Waals surface area (Å²) in [6.07, 6.45) is 5.23. The van der Waals surface area contributed by atoms with Gasteiger partial charge in [0, 0.05) is 16.2 Å². The Kier molecular flexibility index (Phi) is 3.05. The summed E-state index contributed by atoms with van der Waals surface area (Å²) in [6, 6.07) is 11.8. The second-order valence-corrected chi connectivity index (χ2v) is 4.89. The van der Waals surface area contributed by atoms with E-state index in [0.29, 0.717) is 5.82 Å². The van der Waals surface area contributed by atoms with Crippen LogP contribution in [-0.2, 0) is 0 Å². The number of para-hydroxylation sites is 1. The maximum absolute atomic E-state index is 5.93. The summed E-state index contributed by atoms with van der Waals surface area (Å²) in [5, 5.41) is 0. The fourth-order valence-electron chi connectivity index (χ4n) is 1.97. The van der Waals surface area contributed by atoms with Crippen molar-refractivity contribution in [2.45, 2.75) is 0 Å². The predicted octanol–water partition coefficient (Wildman–Crippen LogP) is 3.28. The van der Waals surface area contributed by atoms with Gasteiger partial charge in [-0.3, -0.25) is 4.57 Å². The number of hydrogen-bond acceptors (Lipinski definition) is 3. The van der Waals surface area contributed by atoms with Gasteiger partial charge in [-0.05, 0) is 40.2 Å². The lowest BCUT2D eigenvalue weighted by Crippen LogP contribution is -1.99. The fraction of sp³-hybridized carbons (Fsp3) is 0. The van der Waals surface area contributed by atoms with Crippen LogP contribution < -0.4 is 5.73 Å². The van der Waals surface area contributed by atoms with Crippen LogP contribution in [-0.4, -0.2) is 14.5 Å². The fourth-order valence-corrected chi connectivity index (χ4v) is 2.44. The molecule has 2 heterocycles. The van der Waals surface area contributed by atoms with Gasteiger partial charge >= 0.3 is 0 Å². The van der Waals surface area contributed by atoms with Gasteiger partial charge in [0.1, 0.15) is 5.82 Å². The molecule has 0 bridgehead atoms. The van der Waals surface area contributed by atoms with Crippen molar-refractivity contribution in [3.05, 3.63) is 59.6 Å². The number of rotatable bonds is 2. The van der Waals surface area contributed by atoms with E-state index >= 15 is 0 Å². The number of anilines is 1. The van der Waals surface area contributed by atoms with Gasteiger partial charge in [0.25, 0.3) is 0 Å². The molecule has 0 atom stereocenters. The lowest BCUT2D eigenvalue weighted by atomic mass is 10.2. The van der Waals surface area contributed by atoms with Gasteiger partial charge < -0.3 is 5.73 Å². The van der Waals surface area contributed by atoms with Crippen LogP contribution in [0.4, 0.5) is 5.82 Å². The summed E-state index contributed by atoms with van der Waals surface area (Å²) in [5.74, 6) is 0.497. The van der Waals surface area contributed by atoms with Crippen LogP contribution in [0.25, 0.3) is 16.9 Å². The average molecular weight is 315 g/mol. The molecule has 0 spiro atoms. The first kappa shape index (κ1) is 11.9. The molecule has 0 aliphatic rings. The number of nitrogens with two attached hydrogens (primary N) is 1. The number of nitrogens with zero attached hydrogens (tertiary/aromatic N) is 3. The van der Waals surface area contributed by atoms with Crippen molar-refractivity contribution < 1.29 is 0 Å². The summed E-state index contributed by atoms with van der Waals surface area (Å²) in [6.45, 7) is 0. The zero-order chi connectivity index (χ0) is 13.2. The van der Waals surface area contributed by atoms with Crippen LogP contribution in [0, 0.1) is 0 Å². The number of hydrogen-bond donors (Lipinski definition) is 1. The van der Waals surface area contributed by atoms with E-state index in [2.05, 4.69) is 25.9 Å². The van der Waals surface area contributed by atoms with Crippen molar-refractivity contribution in [1.82, 2.24) is 14.5 Å². The molecular weight excluding hydrogens is 304 g/mol. The zero-order valence-corrected chi connectivity index (χ0v) is 11.6. The molecule has 0 saturated heterocycles. The zero-order valence-electron chi connectivity index (χ0n) is 9.99. The molecule has 0 saturated carbocycles. The van der Waals surface area contributed by atoms with Crippen molar-refractivity contribution in [3.63, 3.8) is 0 Å². The number of imidazole rings is 1. The lowest BCUT2D eigenvalue weighted by Gasteiger charge is -2.11. The Bertz CT molecular complexity index is 661. The standard InChI is InChI=1S/C14H11BrN4/c15-11-5-1-2-6-12(11)19-9-17-8-13(19)10-4-3-7-18-14(10)16/h1-9H,(H2,16,18). The molecule has 2 aromatic heterocycles. The van der Waals surface area contributed by atoms with Crippen LogP contribution >= 0.6 is 15.9 Å². The normalized spacial score (nSPS) is 10.6. The number of pyridine rings is 1. The summed E-state index contributed by atoms with van der Waals surface area (Å²) >= 11 is 3.55. The molecule has 3 aromatic rings. The minimum absolute atomic E-state index is 0.497. The maximum Gasteiger partial charge on any atom is 0.132 e. The van der Waals surface area contributed by atoms with E-state index in [0.717, 1.165) is 21.4 Å². The van der Waals surface area contributed by atoms with Crippen molar-refractivity contribution in [2.75, 3.05) is 5.73 Å². The third-order valence-corrected chi connectivity index (χ3v) is 3.54. The van der Waals surface area contributed by atoms with Crippen molar-refractivity contribution >= 4 is 21.7 Å². The Labute approximate surface area is 119 Å². The minimum Gasteiger partial charge on any atom is -0.383 e. The molecule has 4 nitrogen and oxygen atoms in total. The first-order valence-electron chi connectivity index (χ1n) is 5.75.